The van der Waals surface area contributed by atoms with Crippen molar-refractivity contribution in [2.75, 3.05) is 32.8 Å². The molecule has 0 aromatic rings. The number of aliphatic hydroxyl groups excluding tert-OH is 1. The Kier molecular flexibility index (Phi) is 7.50. The van der Waals surface area contributed by atoms with Crippen molar-refractivity contribution >= 4 is 11.9 Å². The molecular formula is C13H25N3O4. The lowest BCUT2D eigenvalue weighted by atomic mass is 10.2. The Bertz CT molecular complexity index is 325. The third-order valence-corrected chi connectivity index (χ3v) is 3.25. The van der Waals surface area contributed by atoms with Crippen molar-refractivity contribution in [2.45, 2.75) is 38.8 Å². The van der Waals surface area contributed by atoms with Gasteiger partial charge in [0.15, 0.2) is 0 Å². The number of morpholine rings is 1. The van der Waals surface area contributed by atoms with Crippen LogP contribution in [0, 0.1) is 0 Å². The van der Waals surface area contributed by atoms with Gasteiger partial charge in [0.1, 0.15) is 0 Å². The van der Waals surface area contributed by atoms with E-state index in [1.165, 1.54) is 0 Å². The van der Waals surface area contributed by atoms with E-state index < -0.39 is 6.03 Å². The van der Waals surface area contributed by atoms with E-state index in [0.717, 1.165) is 12.8 Å². The van der Waals surface area contributed by atoms with Crippen LogP contribution in [0.3, 0.4) is 0 Å². The largest absolute Gasteiger partial charge is 0.394 e. The van der Waals surface area contributed by atoms with Crippen LogP contribution in [-0.2, 0) is 9.53 Å². The number of aliphatic hydroxyl groups is 1. The standard InChI is InChI=1S/C13H25N3O4/c1-3-4-5-14-13(19)15-12(18)7-16-6-11(8-17)20-9-10(16)2/h10-11,17H,3-9H2,1-2H3,(H2,14,15,18,19). The summed E-state index contributed by atoms with van der Waals surface area (Å²) >= 11 is 0. The third-order valence-electron chi connectivity index (χ3n) is 3.25. The van der Waals surface area contributed by atoms with Gasteiger partial charge in [0.2, 0.25) is 5.91 Å². The summed E-state index contributed by atoms with van der Waals surface area (Å²) in [5.41, 5.74) is 0. The van der Waals surface area contributed by atoms with E-state index >= 15 is 0 Å². The second kappa shape index (κ2) is 8.89. The first kappa shape index (κ1) is 16.9. The number of hydrogen-bond donors (Lipinski definition) is 3. The van der Waals surface area contributed by atoms with Crippen LogP contribution >= 0.6 is 0 Å². The highest BCUT2D eigenvalue weighted by Crippen LogP contribution is 2.10. The molecule has 0 spiro atoms. The van der Waals surface area contributed by atoms with Gasteiger partial charge in [-0.1, -0.05) is 13.3 Å². The Balaban J connectivity index is 2.31. The second-order valence-electron chi connectivity index (χ2n) is 5.07. The Morgan fingerprint density at radius 3 is 2.85 bits per heavy atom. The molecule has 1 fully saturated rings. The lowest BCUT2D eigenvalue weighted by Crippen LogP contribution is -2.53. The van der Waals surface area contributed by atoms with Crippen molar-refractivity contribution in [1.82, 2.24) is 15.5 Å². The van der Waals surface area contributed by atoms with Crippen LogP contribution in [0.4, 0.5) is 4.79 Å². The SMILES string of the molecule is CCCCNC(=O)NC(=O)CN1CC(CO)OCC1C. The van der Waals surface area contributed by atoms with Gasteiger partial charge in [-0.05, 0) is 13.3 Å². The second-order valence-corrected chi connectivity index (χ2v) is 5.07. The quantitative estimate of drug-likeness (QED) is 0.583. The summed E-state index contributed by atoms with van der Waals surface area (Å²) in [5.74, 6) is -0.343. The van der Waals surface area contributed by atoms with Crippen LogP contribution in [-0.4, -0.2) is 66.9 Å². The van der Waals surface area contributed by atoms with Crippen molar-refractivity contribution in [3.63, 3.8) is 0 Å². The van der Waals surface area contributed by atoms with E-state index in [4.69, 9.17) is 9.84 Å². The molecule has 1 saturated heterocycles. The monoisotopic (exact) mass is 287 g/mol. The maximum absolute atomic E-state index is 11.8. The molecule has 116 valence electrons. The zero-order valence-electron chi connectivity index (χ0n) is 12.2. The summed E-state index contributed by atoms with van der Waals surface area (Å²) < 4.78 is 5.40. The number of carbonyl (C=O) groups excluding carboxylic acids is 2. The van der Waals surface area contributed by atoms with Gasteiger partial charge in [-0.2, -0.15) is 0 Å². The Morgan fingerprint density at radius 1 is 1.45 bits per heavy atom. The number of nitrogens with one attached hydrogen (secondary N) is 2. The smallest absolute Gasteiger partial charge is 0.321 e. The van der Waals surface area contributed by atoms with Crippen LogP contribution in [0.25, 0.3) is 0 Å². The van der Waals surface area contributed by atoms with Gasteiger partial charge in [-0.3, -0.25) is 15.0 Å². The summed E-state index contributed by atoms with van der Waals surface area (Å²) in [4.78, 5) is 25.1. The minimum Gasteiger partial charge on any atom is -0.394 e. The van der Waals surface area contributed by atoms with Gasteiger partial charge in [-0.25, -0.2) is 4.79 Å². The van der Waals surface area contributed by atoms with Crippen LogP contribution in [0.1, 0.15) is 26.7 Å². The highest BCUT2D eigenvalue weighted by atomic mass is 16.5. The minimum absolute atomic E-state index is 0.0671. The number of carbonyl (C=O) groups is 2. The topological polar surface area (TPSA) is 90.9 Å². The number of hydrogen-bond acceptors (Lipinski definition) is 5. The Hall–Kier alpha value is -1.18. The molecule has 0 bridgehead atoms. The fourth-order valence-corrected chi connectivity index (χ4v) is 1.98. The average Bonchev–Trinajstić information content (AvgIpc) is 2.41. The molecule has 0 aromatic heterocycles. The zero-order chi connectivity index (χ0) is 15.0. The molecule has 2 atom stereocenters. The average molecular weight is 287 g/mol. The van der Waals surface area contributed by atoms with E-state index in [1.807, 2.05) is 18.7 Å². The lowest BCUT2D eigenvalue weighted by molar-refractivity contribution is -0.126. The molecule has 0 aromatic carbocycles. The Morgan fingerprint density at radius 2 is 2.20 bits per heavy atom. The van der Waals surface area contributed by atoms with E-state index in [0.29, 0.717) is 19.7 Å². The fraction of sp³-hybridized carbons (Fsp3) is 0.846. The molecule has 2 unspecified atom stereocenters. The normalized spacial score (nSPS) is 23.4. The van der Waals surface area contributed by atoms with Crippen molar-refractivity contribution in [3.05, 3.63) is 0 Å². The predicted octanol–water partition coefficient (Wildman–Crippen LogP) is -0.306. The minimum atomic E-state index is -0.455. The van der Waals surface area contributed by atoms with Crippen LogP contribution in [0.5, 0.6) is 0 Å². The number of nitrogens with zero attached hydrogens (tertiary/aromatic N) is 1. The highest BCUT2D eigenvalue weighted by Gasteiger charge is 2.27. The van der Waals surface area contributed by atoms with E-state index in [-0.39, 0.29) is 31.2 Å². The first-order valence-corrected chi connectivity index (χ1v) is 7.11. The van der Waals surface area contributed by atoms with E-state index in [1.54, 1.807) is 0 Å². The number of imide groups is 1. The zero-order valence-corrected chi connectivity index (χ0v) is 12.2. The van der Waals surface area contributed by atoms with Gasteiger partial charge >= 0.3 is 6.03 Å². The summed E-state index contributed by atoms with van der Waals surface area (Å²) in [6.07, 6.45) is 1.61. The molecule has 0 aliphatic carbocycles. The van der Waals surface area contributed by atoms with Crippen molar-refractivity contribution < 1.29 is 19.4 Å². The molecule has 3 N–H and O–H groups in total. The highest BCUT2D eigenvalue weighted by molar-refractivity contribution is 5.95. The number of unbranched alkanes of at least 4 members (excludes halogenated alkanes) is 1. The summed E-state index contributed by atoms with van der Waals surface area (Å²) in [6, 6.07) is -0.366. The first-order chi connectivity index (χ1) is 9.56. The Labute approximate surface area is 119 Å². The number of amides is 3. The summed E-state index contributed by atoms with van der Waals surface area (Å²) in [7, 11) is 0. The molecule has 1 rings (SSSR count). The van der Waals surface area contributed by atoms with Crippen LogP contribution < -0.4 is 10.6 Å². The maximum atomic E-state index is 11.8. The lowest BCUT2D eigenvalue weighted by Gasteiger charge is -2.36. The molecule has 0 radical (unpaired) electrons. The van der Waals surface area contributed by atoms with Crippen molar-refractivity contribution in [3.8, 4) is 0 Å². The van der Waals surface area contributed by atoms with Gasteiger partial charge in [0, 0.05) is 19.1 Å². The summed E-state index contributed by atoms with van der Waals surface area (Å²) in [5, 5.41) is 14.0. The van der Waals surface area contributed by atoms with Gasteiger partial charge in [0.05, 0.1) is 25.9 Å². The molecule has 1 aliphatic heterocycles. The van der Waals surface area contributed by atoms with Crippen LogP contribution in [0.15, 0.2) is 0 Å². The van der Waals surface area contributed by atoms with Gasteiger partial charge in [-0.15, -0.1) is 0 Å². The van der Waals surface area contributed by atoms with Crippen molar-refractivity contribution in [1.29, 1.82) is 0 Å². The number of ether oxygens (including phenoxy) is 1. The molecular weight excluding hydrogens is 262 g/mol. The molecule has 20 heavy (non-hydrogen) atoms. The predicted molar refractivity (Wildman–Crippen MR) is 74.3 cm³/mol. The van der Waals surface area contributed by atoms with Crippen molar-refractivity contribution in [2.24, 2.45) is 0 Å². The molecule has 1 aliphatic rings. The molecule has 7 heteroatoms. The number of rotatable bonds is 6. The number of urea groups is 1. The molecule has 3 amide bonds. The van der Waals surface area contributed by atoms with E-state index in [9.17, 15) is 9.59 Å². The van der Waals surface area contributed by atoms with Crippen LogP contribution in [0.2, 0.25) is 0 Å². The molecule has 0 saturated carbocycles. The van der Waals surface area contributed by atoms with Gasteiger partial charge in [0.25, 0.3) is 0 Å². The molecule has 7 nitrogen and oxygen atoms in total. The fourth-order valence-electron chi connectivity index (χ4n) is 1.98. The third kappa shape index (κ3) is 5.85. The molecule has 1 heterocycles. The first-order valence-electron chi connectivity index (χ1n) is 7.11. The van der Waals surface area contributed by atoms with E-state index in [2.05, 4.69) is 10.6 Å². The van der Waals surface area contributed by atoms with Gasteiger partial charge < -0.3 is 15.2 Å². The maximum Gasteiger partial charge on any atom is 0.321 e. The summed E-state index contributed by atoms with van der Waals surface area (Å²) in [6.45, 7) is 5.56.